The standard InChI is InChI=1S/C13H19NO/c1-3-4-5-10-14-11-12-6-8-13(15-2)9-7-12/h6-10H,3-5,11H2,1-2H3. The molecule has 1 rings (SSSR count). The van der Waals surface area contributed by atoms with Gasteiger partial charge in [-0.15, -0.1) is 0 Å². The summed E-state index contributed by atoms with van der Waals surface area (Å²) in [5, 5.41) is 0. The first-order valence-electron chi connectivity index (χ1n) is 5.48. The highest BCUT2D eigenvalue weighted by atomic mass is 16.5. The van der Waals surface area contributed by atoms with Crippen LogP contribution in [0, 0.1) is 0 Å². The summed E-state index contributed by atoms with van der Waals surface area (Å²) in [6.45, 7) is 2.96. The topological polar surface area (TPSA) is 21.6 Å². The molecule has 0 spiro atoms. The van der Waals surface area contributed by atoms with Gasteiger partial charge in [-0.05, 0) is 36.8 Å². The van der Waals surface area contributed by atoms with Gasteiger partial charge in [-0.2, -0.15) is 0 Å². The Hall–Kier alpha value is -1.31. The molecule has 0 fully saturated rings. The van der Waals surface area contributed by atoms with Crippen molar-refractivity contribution in [3.8, 4) is 5.75 Å². The average Bonchev–Trinajstić information content (AvgIpc) is 2.30. The fourth-order valence-electron chi connectivity index (χ4n) is 1.29. The minimum absolute atomic E-state index is 0.772. The molecule has 2 nitrogen and oxygen atoms in total. The SMILES string of the molecule is CCCCC=NCc1ccc(OC)cc1. The van der Waals surface area contributed by atoms with Crippen LogP contribution in [0.5, 0.6) is 5.75 Å². The zero-order chi connectivity index (χ0) is 10.9. The van der Waals surface area contributed by atoms with E-state index in [2.05, 4.69) is 24.0 Å². The third kappa shape index (κ3) is 4.63. The van der Waals surface area contributed by atoms with E-state index in [1.807, 2.05) is 18.3 Å². The van der Waals surface area contributed by atoms with Gasteiger partial charge in [0.15, 0.2) is 0 Å². The number of ether oxygens (including phenoxy) is 1. The summed E-state index contributed by atoms with van der Waals surface area (Å²) in [6, 6.07) is 8.04. The zero-order valence-corrected chi connectivity index (χ0v) is 9.57. The molecule has 0 bridgehead atoms. The number of hydrogen-bond donors (Lipinski definition) is 0. The molecule has 2 heteroatoms. The summed E-state index contributed by atoms with van der Waals surface area (Å²) in [7, 11) is 1.68. The summed E-state index contributed by atoms with van der Waals surface area (Å²) >= 11 is 0. The second-order valence-electron chi connectivity index (χ2n) is 3.51. The molecule has 0 atom stereocenters. The van der Waals surface area contributed by atoms with Crippen LogP contribution in [0.15, 0.2) is 29.3 Å². The number of hydrogen-bond acceptors (Lipinski definition) is 2. The average molecular weight is 205 g/mol. The third-order valence-corrected chi connectivity index (χ3v) is 2.25. The number of aliphatic imine (C=N–C) groups is 1. The Bertz CT molecular complexity index is 290. The Kier molecular flexibility index (Phi) is 5.52. The predicted molar refractivity (Wildman–Crippen MR) is 64.7 cm³/mol. The van der Waals surface area contributed by atoms with Gasteiger partial charge < -0.3 is 4.74 Å². The van der Waals surface area contributed by atoms with Crippen LogP contribution in [0.3, 0.4) is 0 Å². The predicted octanol–water partition coefficient (Wildman–Crippen LogP) is 3.46. The van der Waals surface area contributed by atoms with Crippen molar-refractivity contribution in [1.29, 1.82) is 0 Å². The second kappa shape index (κ2) is 7.04. The van der Waals surface area contributed by atoms with Crippen LogP contribution >= 0.6 is 0 Å². The maximum absolute atomic E-state index is 5.09. The van der Waals surface area contributed by atoms with E-state index >= 15 is 0 Å². The first kappa shape index (κ1) is 11.8. The van der Waals surface area contributed by atoms with Crippen LogP contribution in [-0.2, 0) is 6.54 Å². The highest BCUT2D eigenvalue weighted by molar-refractivity contribution is 5.57. The van der Waals surface area contributed by atoms with E-state index < -0.39 is 0 Å². The van der Waals surface area contributed by atoms with E-state index in [0.29, 0.717) is 0 Å². The van der Waals surface area contributed by atoms with E-state index in [0.717, 1.165) is 18.7 Å². The van der Waals surface area contributed by atoms with Gasteiger partial charge in [0.05, 0.1) is 13.7 Å². The van der Waals surface area contributed by atoms with Crippen molar-refractivity contribution in [2.24, 2.45) is 4.99 Å². The Balaban J connectivity index is 2.34. The molecular weight excluding hydrogens is 186 g/mol. The molecule has 1 aromatic carbocycles. The lowest BCUT2D eigenvalue weighted by atomic mass is 10.2. The van der Waals surface area contributed by atoms with Crippen molar-refractivity contribution in [3.05, 3.63) is 29.8 Å². The molecule has 15 heavy (non-hydrogen) atoms. The van der Waals surface area contributed by atoms with E-state index in [1.165, 1.54) is 18.4 Å². The molecule has 0 aliphatic rings. The van der Waals surface area contributed by atoms with Gasteiger partial charge in [0, 0.05) is 0 Å². The normalized spacial score (nSPS) is 10.8. The van der Waals surface area contributed by atoms with Crippen LogP contribution in [0.1, 0.15) is 31.7 Å². The molecule has 0 amide bonds. The van der Waals surface area contributed by atoms with Crippen LogP contribution in [0.2, 0.25) is 0 Å². The molecule has 0 aliphatic heterocycles. The Morgan fingerprint density at radius 2 is 2.00 bits per heavy atom. The number of benzene rings is 1. The number of unbranched alkanes of at least 4 members (excludes halogenated alkanes) is 2. The molecule has 0 N–H and O–H groups in total. The Morgan fingerprint density at radius 1 is 1.27 bits per heavy atom. The second-order valence-corrected chi connectivity index (χ2v) is 3.51. The lowest BCUT2D eigenvalue weighted by molar-refractivity contribution is 0.414. The van der Waals surface area contributed by atoms with Gasteiger partial charge >= 0.3 is 0 Å². The van der Waals surface area contributed by atoms with Gasteiger partial charge in [0.2, 0.25) is 0 Å². The highest BCUT2D eigenvalue weighted by Crippen LogP contribution is 2.11. The molecular formula is C13H19NO. The lowest BCUT2D eigenvalue weighted by Gasteiger charge is -2.00. The molecule has 0 unspecified atom stereocenters. The molecule has 1 aromatic rings. The van der Waals surface area contributed by atoms with Gasteiger partial charge in [0.1, 0.15) is 5.75 Å². The number of rotatable bonds is 6. The van der Waals surface area contributed by atoms with E-state index in [1.54, 1.807) is 7.11 Å². The maximum Gasteiger partial charge on any atom is 0.118 e. The third-order valence-electron chi connectivity index (χ3n) is 2.25. The summed E-state index contributed by atoms with van der Waals surface area (Å²) in [4.78, 5) is 4.37. The first-order valence-corrected chi connectivity index (χ1v) is 5.48. The quantitative estimate of drug-likeness (QED) is 0.515. The van der Waals surface area contributed by atoms with Crippen LogP contribution in [0.4, 0.5) is 0 Å². The molecule has 82 valence electrons. The van der Waals surface area contributed by atoms with Gasteiger partial charge in [-0.3, -0.25) is 4.99 Å². The van der Waals surface area contributed by atoms with E-state index in [4.69, 9.17) is 4.74 Å². The summed E-state index contributed by atoms with van der Waals surface area (Å²) in [6.07, 6.45) is 5.57. The van der Waals surface area contributed by atoms with Crippen molar-refractivity contribution in [2.45, 2.75) is 32.7 Å². The molecule has 0 aromatic heterocycles. The number of methoxy groups -OCH3 is 1. The van der Waals surface area contributed by atoms with Crippen molar-refractivity contribution < 1.29 is 4.74 Å². The maximum atomic E-state index is 5.09. The molecule has 0 radical (unpaired) electrons. The van der Waals surface area contributed by atoms with Crippen molar-refractivity contribution in [1.82, 2.24) is 0 Å². The molecule has 0 saturated carbocycles. The fraction of sp³-hybridized carbons (Fsp3) is 0.462. The molecule has 0 saturated heterocycles. The summed E-state index contributed by atoms with van der Waals surface area (Å²) < 4.78 is 5.09. The van der Waals surface area contributed by atoms with Crippen molar-refractivity contribution in [2.75, 3.05) is 7.11 Å². The van der Waals surface area contributed by atoms with Crippen LogP contribution in [-0.4, -0.2) is 13.3 Å². The van der Waals surface area contributed by atoms with Crippen molar-refractivity contribution in [3.63, 3.8) is 0 Å². The number of nitrogens with zero attached hydrogens (tertiary/aromatic N) is 1. The summed E-state index contributed by atoms with van der Waals surface area (Å²) in [5.74, 6) is 0.897. The monoisotopic (exact) mass is 205 g/mol. The summed E-state index contributed by atoms with van der Waals surface area (Å²) in [5.41, 5.74) is 1.23. The minimum Gasteiger partial charge on any atom is -0.497 e. The fourth-order valence-corrected chi connectivity index (χ4v) is 1.29. The molecule has 0 heterocycles. The van der Waals surface area contributed by atoms with Gasteiger partial charge in [0.25, 0.3) is 0 Å². The van der Waals surface area contributed by atoms with Gasteiger partial charge in [-0.25, -0.2) is 0 Å². The Labute approximate surface area is 92.0 Å². The Morgan fingerprint density at radius 3 is 2.60 bits per heavy atom. The minimum atomic E-state index is 0.772. The van der Waals surface area contributed by atoms with E-state index in [-0.39, 0.29) is 0 Å². The zero-order valence-electron chi connectivity index (χ0n) is 9.57. The van der Waals surface area contributed by atoms with Gasteiger partial charge in [-0.1, -0.05) is 25.5 Å². The largest absolute Gasteiger partial charge is 0.497 e. The highest BCUT2D eigenvalue weighted by Gasteiger charge is 1.91. The van der Waals surface area contributed by atoms with Crippen LogP contribution in [0.25, 0.3) is 0 Å². The van der Waals surface area contributed by atoms with Crippen LogP contribution < -0.4 is 4.74 Å². The lowest BCUT2D eigenvalue weighted by Crippen LogP contribution is -1.85. The first-order chi connectivity index (χ1) is 7.36. The van der Waals surface area contributed by atoms with E-state index in [9.17, 15) is 0 Å². The molecule has 0 aliphatic carbocycles. The smallest absolute Gasteiger partial charge is 0.118 e. The van der Waals surface area contributed by atoms with Crippen molar-refractivity contribution >= 4 is 6.21 Å².